The van der Waals surface area contributed by atoms with E-state index in [0.717, 1.165) is 16.7 Å². The third-order valence-corrected chi connectivity index (χ3v) is 5.81. The molecule has 0 bridgehead atoms. The van der Waals surface area contributed by atoms with E-state index in [2.05, 4.69) is 24.9 Å². The van der Waals surface area contributed by atoms with E-state index >= 15 is 0 Å². The normalized spacial score (nSPS) is 12.4. The third-order valence-electron chi connectivity index (χ3n) is 5.50. The van der Waals surface area contributed by atoms with Crippen molar-refractivity contribution in [1.29, 1.82) is 0 Å². The minimum atomic E-state index is -0.938. The third kappa shape index (κ3) is 3.37. The van der Waals surface area contributed by atoms with E-state index in [9.17, 15) is 13.6 Å². The summed E-state index contributed by atoms with van der Waals surface area (Å²) < 4.78 is 30.7. The second kappa shape index (κ2) is 8.43. The van der Waals surface area contributed by atoms with E-state index in [4.69, 9.17) is 17.4 Å². The van der Waals surface area contributed by atoms with Crippen molar-refractivity contribution >= 4 is 39.5 Å². The maximum absolute atomic E-state index is 14.9. The highest BCUT2D eigenvalue weighted by Crippen LogP contribution is 2.31. The van der Waals surface area contributed by atoms with Crippen LogP contribution in [-0.2, 0) is 0 Å². The molecule has 5 aromatic rings. The fourth-order valence-electron chi connectivity index (χ4n) is 3.94. The van der Waals surface area contributed by atoms with E-state index in [0.29, 0.717) is 17.6 Å². The van der Waals surface area contributed by atoms with Crippen molar-refractivity contribution in [3.8, 4) is 5.69 Å². The molecule has 3 heterocycles. The molecular weight excluding hydrogens is 466 g/mol. The van der Waals surface area contributed by atoms with Gasteiger partial charge < -0.3 is 4.98 Å². The van der Waals surface area contributed by atoms with Gasteiger partial charge in [0.15, 0.2) is 17.0 Å². The lowest BCUT2D eigenvalue weighted by Crippen LogP contribution is -2.40. The molecule has 0 saturated heterocycles. The Labute approximate surface area is 195 Å². The Morgan fingerprint density at radius 1 is 1.15 bits per heavy atom. The van der Waals surface area contributed by atoms with Crippen molar-refractivity contribution in [1.82, 2.24) is 29.5 Å². The fourth-order valence-corrected chi connectivity index (χ4v) is 4.19. The molecular formula is C22H17ClF2N8O. The maximum Gasteiger partial charge on any atom is 0.267 e. The highest BCUT2D eigenvalue weighted by molar-refractivity contribution is 6.35. The summed E-state index contributed by atoms with van der Waals surface area (Å²) in [5, 5.41) is 1.41. The number of para-hydroxylation sites is 1. The van der Waals surface area contributed by atoms with Gasteiger partial charge in [0.05, 0.1) is 22.3 Å². The molecule has 0 saturated carbocycles. The maximum atomic E-state index is 14.9. The van der Waals surface area contributed by atoms with Gasteiger partial charge in [0.1, 0.15) is 35.5 Å². The zero-order valence-electron chi connectivity index (χ0n) is 17.7. The fraction of sp³-hybridized carbons (Fsp3) is 0.136. The minimum absolute atomic E-state index is 0.0102. The number of rotatable bonds is 5. The predicted octanol–water partition coefficient (Wildman–Crippen LogP) is 3.82. The number of aromatic nitrogens is 6. The van der Waals surface area contributed by atoms with Crippen molar-refractivity contribution in [2.45, 2.75) is 19.4 Å². The van der Waals surface area contributed by atoms with Gasteiger partial charge in [0.2, 0.25) is 0 Å². The van der Waals surface area contributed by atoms with Crippen molar-refractivity contribution in [3.05, 3.63) is 81.9 Å². The van der Waals surface area contributed by atoms with Crippen LogP contribution in [0.3, 0.4) is 0 Å². The monoisotopic (exact) mass is 482 g/mol. The van der Waals surface area contributed by atoms with Crippen LogP contribution in [0.2, 0.25) is 5.02 Å². The summed E-state index contributed by atoms with van der Waals surface area (Å²) in [7, 11) is 0. The topological polar surface area (TPSA) is 119 Å². The first-order valence-corrected chi connectivity index (χ1v) is 10.6. The van der Waals surface area contributed by atoms with Gasteiger partial charge in [-0.05, 0) is 30.7 Å². The zero-order chi connectivity index (χ0) is 24.0. The number of nitrogens with zero attached hydrogens (tertiary/aromatic N) is 6. The predicted molar refractivity (Wildman–Crippen MR) is 124 cm³/mol. The minimum Gasteiger partial charge on any atom is -0.329 e. The summed E-state index contributed by atoms with van der Waals surface area (Å²) in [6, 6.07) is 7.24. The number of fused-ring (bicyclic) bond motifs is 2. The number of hydrogen-bond donors (Lipinski definition) is 2. The van der Waals surface area contributed by atoms with Gasteiger partial charge in [-0.25, -0.2) is 34.6 Å². The van der Waals surface area contributed by atoms with Crippen LogP contribution in [0.1, 0.15) is 25.2 Å². The molecule has 1 unspecified atom stereocenters. The Hall–Kier alpha value is -3.96. The molecule has 0 aliphatic rings. The second-order valence-corrected chi connectivity index (χ2v) is 7.85. The SMILES string of the molecule is CCC(c1nc2cccc(Cl)c2c(=O)n1-c1c(F)cccc1F)N(N)c1ncnc2[nH]cnc12. The van der Waals surface area contributed by atoms with Gasteiger partial charge in [-0.2, -0.15) is 0 Å². The molecule has 3 N–H and O–H groups in total. The quantitative estimate of drug-likeness (QED) is 0.289. The van der Waals surface area contributed by atoms with E-state index in [-0.39, 0.29) is 27.6 Å². The first-order chi connectivity index (χ1) is 16.4. The van der Waals surface area contributed by atoms with Gasteiger partial charge in [0, 0.05) is 0 Å². The van der Waals surface area contributed by atoms with Crippen LogP contribution in [0, 0.1) is 11.6 Å². The van der Waals surface area contributed by atoms with Crippen molar-refractivity contribution in [2.75, 3.05) is 5.01 Å². The van der Waals surface area contributed by atoms with Crippen LogP contribution in [0.5, 0.6) is 0 Å². The van der Waals surface area contributed by atoms with E-state index in [1.165, 1.54) is 29.8 Å². The molecule has 0 amide bonds. The Balaban J connectivity index is 1.83. The summed E-state index contributed by atoms with van der Waals surface area (Å²) in [6.07, 6.45) is 3.05. The van der Waals surface area contributed by atoms with Crippen molar-refractivity contribution in [3.63, 3.8) is 0 Å². The number of benzene rings is 2. The molecule has 1 atom stereocenters. The smallest absolute Gasteiger partial charge is 0.267 e. The second-order valence-electron chi connectivity index (χ2n) is 7.44. The largest absolute Gasteiger partial charge is 0.329 e. The molecule has 0 aliphatic carbocycles. The van der Waals surface area contributed by atoms with Crippen LogP contribution in [0.4, 0.5) is 14.6 Å². The Morgan fingerprint density at radius 3 is 2.62 bits per heavy atom. The Kier molecular flexibility index (Phi) is 5.42. The van der Waals surface area contributed by atoms with E-state index < -0.39 is 28.9 Å². The molecule has 12 heteroatoms. The molecule has 3 aromatic heterocycles. The lowest BCUT2D eigenvalue weighted by Gasteiger charge is -2.29. The van der Waals surface area contributed by atoms with Crippen molar-refractivity contribution in [2.24, 2.45) is 5.84 Å². The van der Waals surface area contributed by atoms with Gasteiger partial charge in [0.25, 0.3) is 5.56 Å². The Bertz CT molecular complexity index is 1580. The van der Waals surface area contributed by atoms with Gasteiger partial charge in [-0.15, -0.1) is 0 Å². The first kappa shape index (κ1) is 21.9. The number of aromatic amines is 1. The summed E-state index contributed by atoms with van der Waals surface area (Å²) in [6.45, 7) is 1.80. The number of hydrogen-bond acceptors (Lipinski definition) is 7. The number of nitrogens with two attached hydrogens (primary N) is 1. The summed E-state index contributed by atoms with van der Waals surface area (Å²) in [4.78, 5) is 33.6. The van der Waals surface area contributed by atoms with Crippen LogP contribution in [0.15, 0.2) is 53.8 Å². The summed E-state index contributed by atoms with van der Waals surface area (Å²) in [5.74, 6) is 4.86. The zero-order valence-corrected chi connectivity index (χ0v) is 18.5. The van der Waals surface area contributed by atoms with Crippen LogP contribution in [-0.4, -0.2) is 29.5 Å². The first-order valence-electron chi connectivity index (χ1n) is 10.3. The van der Waals surface area contributed by atoms with E-state index in [1.807, 2.05) is 0 Å². The van der Waals surface area contributed by atoms with Crippen LogP contribution < -0.4 is 16.4 Å². The van der Waals surface area contributed by atoms with E-state index in [1.54, 1.807) is 19.1 Å². The van der Waals surface area contributed by atoms with Gasteiger partial charge in [-0.1, -0.05) is 30.7 Å². The molecule has 9 nitrogen and oxygen atoms in total. The molecule has 172 valence electrons. The molecule has 0 spiro atoms. The summed E-state index contributed by atoms with van der Waals surface area (Å²) >= 11 is 6.27. The number of nitrogens with one attached hydrogen (secondary N) is 1. The number of anilines is 1. The lowest BCUT2D eigenvalue weighted by atomic mass is 10.1. The average molecular weight is 483 g/mol. The summed E-state index contributed by atoms with van der Waals surface area (Å²) in [5.41, 5.74) is -0.199. The molecule has 2 aromatic carbocycles. The van der Waals surface area contributed by atoms with Gasteiger partial charge in [-0.3, -0.25) is 14.4 Å². The molecule has 34 heavy (non-hydrogen) atoms. The van der Waals surface area contributed by atoms with Crippen LogP contribution >= 0.6 is 11.6 Å². The highest BCUT2D eigenvalue weighted by Gasteiger charge is 2.29. The highest BCUT2D eigenvalue weighted by atomic mass is 35.5. The Morgan fingerprint density at radius 2 is 1.88 bits per heavy atom. The average Bonchev–Trinajstić information content (AvgIpc) is 3.30. The number of imidazole rings is 1. The van der Waals surface area contributed by atoms with Gasteiger partial charge >= 0.3 is 0 Å². The number of hydrazine groups is 1. The molecule has 0 radical (unpaired) electrons. The number of H-pyrrole nitrogens is 1. The van der Waals surface area contributed by atoms with Crippen molar-refractivity contribution < 1.29 is 8.78 Å². The molecule has 0 fully saturated rings. The molecule has 0 aliphatic heterocycles. The lowest BCUT2D eigenvalue weighted by molar-refractivity contribution is 0.530. The standard InChI is InChI=1S/C22H17ClF2N8O/c1-2-15(33(26)21-17-19(28-9-27-17)29-10-30-21)20-31-14-8-3-5-11(23)16(14)22(34)32(20)18-12(24)6-4-7-13(18)25/h3-10,15H,2,26H2,1H3,(H,27,28,29,30). The molecule has 5 rings (SSSR count). The van der Waals surface area contributed by atoms with Crippen LogP contribution in [0.25, 0.3) is 27.8 Å². The number of halogens is 3.